The van der Waals surface area contributed by atoms with Gasteiger partial charge < -0.3 is 10.2 Å². The van der Waals surface area contributed by atoms with E-state index in [4.69, 9.17) is 0 Å². The van der Waals surface area contributed by atoms with E-state index < -0.39 is 0 Å². The molecule has 0 radical (unpaired) electrons. The second-order valence-electron chi connectivity index (χ2n) is 5.49. The number of piperazine rings is 1. The molecule has 1 aromatic rings. The van der Waals surface area contributed by atoms with Crippen molar-refractivity contribution in [2.24, 2.45) is 7.05 Å². The van der Waals surface area contributed by atoms with Crippen LogP contribution in [0.4, 0.5) is 0 Å². The predicted octanol–water partition coefficient (Wildman–Crippen LogP) is 0.609. The molecule has 1 aromatic heterocycles. The van der Waals surface area contributed by atoms with Crippen molar-refractivity contribution in [2.45, 2.75) is 19.9 Å². The first kappa shape index (κ1) is 16.5. The van der Waals surface area contributed by atoms with E-state index in [0.29, 0.717) is 13.1 Å². The Hall–Kier alpha value is -0.920. The minimum absolute atomic E-state index is 0.202. The van der Waals surface area contributed by atoms with Crippen LogP contribution in [-0.4, -0.2) is 65.3 Å². The van der Waals surface area contributed by atoms with Crippen LogP contribution in [-0.2, 0) is 24.8 Å². The third kappa shape index (κ3) is 4.05. The molecule has 0 aromatic carbocycles. The van der Waals surface area contributed by atoms with Gasteiger partial charge in [0.1, 0.15) is 0 Å². The van der Waals surface area contributed by atoms with Crippen LogP contribution >= 0.6 is 15.9 Å². The third-order valence-electron chi connectivity index (χ3n) is 3.80. The molecular weight excluding hydrogens is 334 g/mol. The highest BCUT2D eigenvalue weighted by Crippen LogP contribution is 2.22. The number of nitrogens with zero attached hydrogens (tertiary/aromatic N) is 4. The number of halogens is 1. The molecule has 21 heavy (non-hydrogen) atoms. The van der Waals surface area contributed by atoms with Gasteiger partial charge in [0, 0.05) is 39.8 Å². The number of hydrogen-bond acceptors (Lipinski definition) is 4. The maximum absolute atomic E-state index is 12.3. The zero-order chi connectivity index (χ0) is 15.4. The number of hydrogen-bond donors (Lipinski definition) is 1. The van der Waals surface area contributed by atoms with Crippen LogP contribution in [0.1, 0.15) is 18.3 Å². The number of amides is 1. The van der Waals surface area contributed by atoms with Gasteiger partial charge in [0.15, 0.2) is 0 Å². The summed E-state index contributed by atoms with van der Waals surface area (Å²) in [6.45, 7) is 6.64. The van der Waals surface area contributed by atoms with Gasteiger partial charge in [0.05, 0.1) is 22.4 Å². The monoisotopic (exact) mass is 357 g/mol. The van der Waals surface area contributed by atoms with E-state index >= 15 is 0 Å². The number of rotatable bonds is 5. The Balaban J connectivity index is 1.93. The van der Waals surface area contributed by atoms with Gasteiger partial charge in [-0.1, -0.05) is 6.92 Å². The van der Waals surface area contributed by atoms with Crippen LogP contribution in [0, 0.1) is 0 Å². The summed E-state index contributed by atoms with van der Waals surface area (Å²) in [7, 11) is 3.93. The Kier molecular flexibility index (Phi) is 5.78. The first-order chi connectivity index (χ1) is 10.0. The largest absolute Gasteiger partial charge is 0.339 e. The Morgan fingerprint density at radius 1 is 1.43 bits per heavy atom. The fourth-order valence-corrected chi connectivity index (χ4v) is 3.29. The maximum atomic E-state index is 12.3. The topological polar surface area (TPSA) is 53.4 Å². The van der Waals surface area contributed by atoms with Crippen LogP contribution < -0.4 is 5.32 Å². The lowest BCUT2D eigenvalue weighted by atomic mass is 10.3. The minimum atomic E-state index is 0.202. The smallest absolute Gasteiger partial charge is 0.236 e. The van der Waals surface area contributed by atoms with Crippen LogP contribution in [0.3, 0.4) is 0 Å². The van der Waals surface area contributed by atoms with Gasteiger partial charge in [-0.3, -0.25) is 14.4 Å². The quantitative estimate of drug-likeness (QED) is 0.838. The Morgan fingerprint density at radius 2 is 2.10 bits per heavy atom. The van der Waals surface area contributed by atoms with Gasteiger partial charge in [0.2, 0.25) is 5.91 Å². The summed E-state index contributed by atoms with van der Waals surface area (Å²) in [5, 5.41) is 7.75. The summed E-state index contributed by atoms with van der Waals surface area (Å²) in [6.07, 6.45) is 0.901. The highest BCUT2D eigenvalue weighted by atomic mass is 79.9. The number of aryl methyl sites for hydroxylation is 2. The zero-order valence-electron chi connectivity index (χ0n) is 13.0. The van der Waals surface area contributed by atoms with E-state index in [1.165, 1.54) is 0 Å². The molecule has 0 aliphatic carbocycles. The molecule has 1 fully saturated rings. The van der Waals surface area contributed by atoms with E-state index in [1.54, 1.807) is 0 Å². The Morgan fingerprint density at radius 3 is 2.67 bits per heavy atom. The Labute approximate surface area is 134 Å². The molecule has 0 unspecified atom stereocenters. The zero-order valence-corrected chi connectivity index (χ0v) is 14.6. The molecule has 0 bridgehead atoms. The molecule has 0 atom stereocenters. The van der Waals surface area contributed by atoms with Crippen LogP contribution in [0.15, 0.2) is 4.47 Å². The standard InChI is InChI=1S/C14H24BrN5O/c1-4-11-14(15)12(19(3)17-11)9-18(2)10-13(21)20-7-5-16-6-8-20/h16H,4-10H2,1-3H3. The number of likely N-dealkylation sites (N-methyl/N-ethyl adjacent to an activating group) is 1. The van der Waals surface area contributed by atoms with Crippen molar-refractivity contribution in [1.29, 1.82) is 0 Å². The number of carbonyl (C=O) groups is 1. The van der Waals surface area contributed by atoms with Crippen molar-refractivity contribution in [3.63, 3.8) is 0 Å². The molecule has 1 aliphatic rings. The van der Waals surface area contributed by atoms with Gasteiger partial charge in [-0.05, 0) is 29.4 Å². The number of aromatic nitrogens is 2. The highest BCUT2D eigenvalue weighted by Gasteiger charge is 2.19. The van der Waals surface area contributed by atoms with E-state index in [1.807, 2.05) is 28.6 Å². The maximum Gasteiger partial charge on any atom is 0.236 e. The summed E-state index contributed by atoms with van der Waals surface area (Å²) in [6, 6.07) is 0. The van der Waals surface area contributed by atoms with Crippen molar-refractivity contribution in [3.05, 3.63) is 15.9 Å². The summed E-state index contributed by atoms with van der Waals surface area (Å²) in [5.41, 5.74) is 2.18. The van der Waals surface area contributed by atoms with Crippen molar-refractivity contribution >= 4 is 21.8 Å². The molecular formula is C14H24BrN5O. The summed E-state index contributed by atoms with van der Waals surface area (Å²) in [5.74, 6) is 0.202. The number of nitrogens with one attached hydrogen (secondary N) is 1. The molecule has 1 amide bonds. The molecule has 1 N–H and O–H groups in total. The summed E-state index contributed by atoms with van der Waals surface area (Å²) in [4.78, 5) is 16.2. The molecule has 0 spiro atoms. The molecule has 7 heteroatoms. The minimum Gasteiger partial charge on any atom is -0.339 e. The first-order valence-electron chi connectivity index (χ1n) is 7.40. The Bertz CT molecular complexity index is 496. The van der Waals surface area contributed by atoms with Crippen LogP contribution in [0.2, 0.25) is 0 Å². The number of carbonyl (C=O) groups excluding carboxylic acids is 1. The van der Waals surface area contributed by atoms with Gasteiger partial charge in [0.25, 0.3) is 0 Å². The lowest BCUT2D eigenvalue weighted by Crippen LogP contribution is -2.49. The molecule has 0 saturated carbocycles. The van der Waals surface area contributed by atoms with Crippen LogP contribution in [0.25, 0.3) is 0 Å². The van der Waals surface area contributed by atoms with Crippen molar-refractivity contribution in [1.82, 2.24) is 24.9 Å². The fraction of sp³-hybridized carbons (Fsp3) is 0.714. The molecule has 1 aliphatic heterocycles. The van der Waals surface area contributed by atoms with Crippen molar-refractivity contribution in [2.75, 3.05) is 39.8 Å². The van der Waals surface area contributed by atoms with E-state index in [0.717, 1.165) is 48.5 Å². The van der Waals surface area contributed by atoms with E-state index in [9.17, 15) is 4.79 Å². The molecule has 2 heterocycles. The van der Waals surface area contributed by atoms with Gasteiger partial charge in [-0.2, -0.15) is 5.10 Å². The average Bonchev–Trinajstić information content (AvgIpc) is 2.75. The van der Waals surface area contributed by atoms with Gasteiger partial charge in [-0.25, -0.2) is 0 Å². The van der Waals surface area contributed by atoms with E-state index in [-0.39, 0.29) is 5.91 Å². The first-order valence-corrected chi connectivity index (χ1v) is 8.19. The molecule has 118 valence electrons. The second kappa shape index (κ2) is 7.38. The lowest BCUT2D eigenvalue weighted by Gasteiger charge is -2.29. The fourth-order valence-electron chi connectivity index (χ4n) is 2.55. The predicted molar refractivity (Wildman–Crippen MR) is 86.1 cm³/mol. The lowest BCUT2D eigenvalue weighted by molar-refractivity contribution is -0.132. The average molecular weight is 358 g/mol. The van der Waals surface area contributed by atoms with Gasteiger partial charge >= 0.3 is 0 Å². The van der Waals surface area contributed by atoms with Gasteiger partial charge in [-0.15, -0.1) is 0 Å². The normalized spacial score (nSPS) is 15.8. The third-order valence-corrected chi connectivity index (χ3v) is 4.71. The second-order valence-corrected chi connectivity index (χ2v) is 6.28. The van der Waals surface area contributed by atoms with Crippen molar-refractivity contribution in [3.8, 4) is 0 Å². The van der Waals surface area contributed by atoms with E-state index in [2.05, 4.69) is 33.3 Å². The van der Waals surface area contributed by atoms with Crippen LogP contribution in [0.5, 0.6) is 0 Å². The summed E-state index contributed by atoms with van der Waals surface area (Å²) >= 11 is 3.62. The van der Waals surface area contributed by atoms with Crippen molar-refractivity contribution < 1.29 is 4.79 Å². The highest BCUT2D eigenvalue weighted by molar-refractivity contribution is 9.10. The summed E-state index contributed by atoms with van der Waals surface area (Å²) < 4.78 is 2.96. The SMILES string of the molecule is CCc1nn(C)c(CN(C)CC(=O)N2CCNCC2)c1Br. The molecule has 6 nitrogen and oxygen atoms in total. The molecule has 2 rings (SSSR count). The molecule has 1 saturated heterocycles.